The van der Waals surface area contributed by atoms with E-state index in [1.54, 1.807) is 11.5 Å². The van der Waals surface area contributed by atoms with Crippen LogP contribution in [-0.2, 0) is 11.3 Å². The highest BCUT2D eigenvalue weighted by Crippen LogP contribution is 2.27. The van der Waals surface area contributed by atoms with Crippen LogP contribution in [-0.4, -0.2) is 22.6 Å². The number of aryl methyl sites for hydroxylation is 2. The number of nitrogens with zero attached hydrogens (tertiary/aromatic N) is 2. The second-order valence-corrected chi connectivity index (χ2v) is 6.33. The molecule has 0 spiro atoms. The monoisotopic (exact) mass is 328 g/mol. The van der Waals surface area contributed by atoms with E-state index in [4.69, 9.17) is 4.74 Å². The van der Waals surface area contributed by atoms with Gasteiger partial charge in [0.15, 0.2) is 0 Å². The van der Waals surface area contributed by atoms with Crippen molar-refractivity contribution in [1.82, 2.24) is 9.55 Å². The molecule has 3 rings (SSSR count). The van der Waals surface area contributed by atoms with Gasteiger partial charge in [-0.1, -0.05) is 24.3 Å². The number of thiophene rings is 1. The Kier molecular flexibility index (Phi) is 4.00. The van der Waals surface area contributed by atoms with Crippen LogP contribution >= 0.6 is 11.3 Å². The number of benzene rings is 1. The molecule has 0 amide bonds. The Morgan fingerprint density at radius 1 is 1.30 bits per heavy atom. The molecule has 0 fully saturated rings. The van der Waals surface area contributed by atoms with E-state index in [-0.39, 0.29) is 5.56 Å². The van der Waals surface area contributed by atoms with Gasteiger partial charge in [0.05, 0.1) is 25.4 Å². The molecule has 0 saturated carbocycles. The standard InChI is InChI=1S/C17H16N2O3S/c1-10-6-4-5-7-12(10)8-19-9-18-15-13(16(19)20)11(2)14(23-15)17(21)22-3/h4-7,9H,8H2,1-3H3. The quantitative estimate of drug-likeness (QED) is 0.694. The average molecular weight is 328 g/mol. The van der Waals surface area contributed by atoms with Gasteiger partial charge in [0.25, 0.3) is 5.56 Å². The van der Waals surface area contributed by atoms with Gasteiger partial charge in [-0.05, 0) is 30.5 Å². The molecule has 3 aromatic rings. The minimum Gasteiger partial charge on any atom is -0.465 e. The zero-order valence-corrected chi connectivity index (χ0v) is 13.9. The van der Waals surface area contributed by atoms with Crippen molar-refractivity contribution in [3.63, 3.8) is 0 Å². The third-order valence-corrected chi connectivity index (χ3v) is 5.07. The molecule has 1 aromatic carbocycles. The highest BCUT2D eigenvalue weighted by molar-refractivity contribution is 7.20. The van der Waals surface area contributed by atoms with Gasteiger partial charge in [0.1, 0.15) is 9.71 Å². The van der Waals surface area contributed by atoms with Gasteiger partial charge in [0.2, 0.25) is 0 Å². The lowest BCUT2D eigenvalue weighted by Crippen LogP contribution is -2.21. The minimum absolute atomic E-state index is 0.137. The lowest BCUT2D eigenvalue weighted by Gasteiger charge is -2.08. The molecule has 2 aromatic heterocycles. The highest BCUT2D eigenvalue weighted by atomic mass is 32.1. The van der Waals surface area contributed by atoms with Crippen molar-refractivity contribution in [2.75, 3.05) is 7.11 Å². The Balaban J connectivity index is 2.12. The van der Waals surface area contributed by atoms with E-state index >= 15 is 0 Å². The van der Waals surface area contributed by atoms with Gasteiger partial charge in [-0.15, -0.1) is 11.3 Å². The molecule has 23 heavy (non-hydrogen) atoms. The molecule has 118 valence electrons. The summed E-state index contributed by atoms with van der Waals surface area (Å²) in [6.07, 6.45) is 1.54. The van der Waals surface area contributed by atoms with Crippen molar-refractivity contribution < 1.29 is 9.53 Å². The summed E-state index contributed by atoms with van der Waals surface area (Å²) in [5, 5.41) is 0.492. The Hall–Kier alpha value is -2.47. The second kappa shape index (κ2) is 5.96. The molecule has 0 bridgehead atoms. The first-order valence-corrected chi connectivity index (χ1v) is 7.96. The molecular formula is C17H16N2O3S. The fraction of sp³-hybridized carbons (Fsp3) is 0.235. The molecule has 2 heterocycles. The molecule has 0 aliphatic rings. The lowest BCUT2D eigenvalue weighted by molar-refractivity contribution is 0.0605. The molecule has 5 nitrogen and oxygen atoms in total. The van der Waals surface area contributed by atoms with Crippen molar-refractivity contribution in [2.24, 2.45) is 0 Å². The fourth-order valence-electron chi connectivity index (χ4n) is 2.53. The number of carbonyl (C=O) groups excluding carboxylic acids is 1. The van der Waals surface area contributed by atoms with E-state index in [0.29, 0.717) is 27.2 Å². The van der Waals surface area contributed by atoms with Crippen LogP contribution in [0.2, 0.25) is 0 Å². The fourth-order valence-corrected chi connectivity index (χ4v) is 3.59. The SMILES string of the molecule is COC(=O)c1sc2ncn(Cc3ccccc3C)c(=O)c2c1C. The smallest absolute Gasteiger partial charge is 0.348 e. The predicted octanol–water partition coefficient (Wildman–Crippen LogP) is 2.91. The van der Waals surface area contributed by atoms with Gasteiger partial charge >= 0.3 is 5.97 Å². The molecular weight excluding hydrogens is 312 g/mol. The van der Waals surface area contributed by atoms with Crippen LogP contribution in [0.25, 0.3) is 10.2 Å². The number of rotatable bonds is 3. The average Bonchev–Trinajstić information content (AvgIpc) is 2.89. The molecule has 0 N–H and O–H groups in total. The molecule has 0 saturated heterocycles. The summed E-state index contributed by atoms with van der Waals surface area (Å²) in [6.45, 7) is 4.22. The highest BCUT2D eigenvalue weighted by Gasteiger charge is 2.19. The molecule has 6 heteroatoms. The Morgan fingerprint density at radius 2 is 2.04 bits per heavy atom. The van der Waals surface area contributed by atoms with Crippen molar-refractivity contribution >= 4 is 27.5 Å². The van der Waals surface area contributed by atoms with Crippen LogP contribution in [0.1, 0.15) is 26.4 Å². The molecule has 0 unspecified atom stereocenters. The van der Waals surface area contributed by atoms with Crippen LogP contribution in [0.4, 0.5) is 0 Å². The minimum atomic E-state index is -0.435. The lowest BCUT2D eigenvalue weighted by atomic mass is 10.1. The summed E-state index contributed by atoms with van der Waals surface area (Å²) in [5.41, 5.74) is 2.68. The van der Waals surface area contributed by atoms with Gasteiger partial charge in [-0.25, -0.2) is 9.78 Å². The molecule has 0 atom stereocenters. The van der Waals surface area contributed by atoms with E-state index in [2.05, 4.69) is 4.98 Å². The normalized spacial score (nSPS) is 10.9. The number of ether oxygens (including phenoxy) is 1. The summed E-state index contributed by atoms with van der Waals surface area (Å²) >= 11 is 1.19. The maximum Gasteiger partial charge on any atom is 0.348 e. The van der Waals surface area contributed by atoms with E-state index in [9.17, 15) is 9.59 Å². The number of fused-ring (bicyclic) bond motifs is 1. The van der Waals surface area contributed by atoms with Crippen molar-refractivity contribution in [1.29, 1.82) is 0 Å². The van der Waals surface area contributed by atoms with Gasteiger partial charge in [-0.3, -0.25) is 9.36 Å². The zero-order chi connectivity index (χ0) is 16.6. The van der Waals surface area contributed by atoms with Crippen LogP contribution < -0.4 is 5.56 Å². The van der Waals surface area contributed by atoms with Gasteiger partial charge in [0, 0.05) is 0 Å². The van der Waals surface area contributed by atoms with E-state index in [0.717, 1.165) is 11.1 Å². The van der Waals surface area contributed by atoms with Crippen LogP contribution in [0.3, 0.4) is 0 Å². The Labute approximate surface area is 137 Å². The first-order chi connectivity index (χ1) is 11.0. The van der Waals surface area contributed by atoms with Crippen LogP contribution in [0.15, 0.2) is 35.4 Å². The second-order valence-electron chi connectivity index (χ2n) is 5.33. The zero-order valence-electron chi connectivity index (χ0n) is 13.1. The maximum atomic E-state index is 12.8. The largest absolute Gasteiger partial charge is 0.465 e. The van der Waals surface area contributed by atoms with Crippen LogP contribution in [0, 0.1) is 13.8 Å². The summed E-state index contributed by atoms with van der Waals surface area (Å²) in [6, 6.07) is 7.92. The first kappa shape index (κ1) is 15.4. The number of hydrogen-bond donors (Lipinski definition) is 0. The number of carbonyl (C=O) groups is 1. The van der Waals surface area contributed by atoms with Gasteiger partial charge in [-0.2, -0.15) is 0 Å². The third kappa shape index (κ3) is 2.66. The Morgan fingerprint density at radius 3 is 2.74 bits per heavy atom. The maximum absolute atomic E-state index is 12.8. The Bertz CT molecular complexity index is 956. The summed E-state index contributed by atoms with van der Waals surface area (Å²) in [5.74, 6) is -0.435. The number of methoxy groups -OCH3 is 1. The van der Waals surface area contributed by atoms with Crippen molar-refractivity contribution in [3.05, 3.63) is 62.5 Å². The summed E-state index contributed by atoms with van der Waals surface area (Å²) in [4.78, 5) is 29.9. The number of aromatic nitrogens is 2. The van der Waals surface area contributed by atoms with E-state index in [1.165, 1.54) is 24.8 Å². The first-order valence-electron chi connectivity index (χ1n) is 7.14. The van der Waals surface area contributed by atoms with E-state index in [1.807, 2.05) is 31.2 Å². The van der Waals surface area contributed by atoms with E-state index < -0.39 is 5.97 Å². The summed E-state index contributed by atoms with van der Waals surface area (Å²) < 4.78 is 6.34. The predicted molar refractivity (Wildman–Crippen MR) is 90.2 cm³/mol. The molecule has 0 aliphatic heterocycles. The van der Waals surface area contributed by atoms with Gasteiger partial charge < -0.3 is 4.74 Å². The molecule has 0 aliphatic carbocycles. The topological polar surface area (TPSA) is 61.2 Å². The molecule has 0 radical (unpaired) electrons. The third-order valence-electron chi connectivity index (χ3n) is 3.89. The van der Waals surface area contributed by atoms with Crippen molar-refractivity contribution in [2.45, 2.75) is 20.4 Å². The van der Waals surface area contributed by atoms with Crippen LogP contribution in [0.5, 0.6) is 0 Å². The van der Waals surface area contributed by atoms with Crippen molar-refractivity contribution in [3.8, 4) is 0 Å². The summed E-state index contributed by atoms with van der Waals surface area (Å²) in [7, 11) is 1.33. The number of hydrogen-bond acceptors (Lipinski definition) is 5. The number of esters is 1.